The topological polar surface area (TPSA) is 96.5 Å². The number of thiazole rings is 1. The number of aromatic nitrogens is 1. The van der Waals surface area contributed by atoms with E-state index in [1.807, 2.05) is 0 Å². The van der Waals surface area contributed by atoms with Gasteiger partial charge in [-0.25, -0.2) is 4.98 Å². The predicted molar refractivity (Wildman–Crippen MR) is 65.0 cm³/mol. The van der Waals surface area contributed by atoms with E-state index in [9.17, 15) is 9.59 Å². The maximum atomic E-state index is 12.0. The van der Waals surface area contributed by atoms with Gasteiger partial charge >= 0.3 is 5.97 Å². The van der Waals surface area contributed by atoms with Gasteiger partial charge in [-0.3, -0.25) is 9.59 Å². The highest BCUT2D eigenvalue weighted by molar-refractivity contribution is 7.17. The standard InChI is InChI=1S/C10H13N3O3S/c1-3-4-13(5-7(14)15)9(16)8-6(2)12-10(11)17-8/h3H,1,4-5H2,2H3,(H2,11,12)(H,14,15). The third-order valence-electron chi connectivity index (χ3n) is 1.97. The summed E-state index contributed by atoms with van der Waals surface area (Å²) in [5.41, 5.74) is 6.00. The average Bonchev–Trinajstić information content (AvgIpc) is 2.55. The van der Waals surface area contributed by atoms with Crippen molar-refractivity contribution < 1.29 is 14.7 Å². The molecule has 0 fully saturated rings. The first-order valence-corrected chi connectivity index (χ1v) is 5.62. The van der Waals surface area contributed by atoms with Crippen LogP contribution < -0.4 is 5.73 Å². The largest absolute Gasteiger partial charge is 0.480 e. The van der Waals surface area contributed by atoms with Crippen LogP contribution in [0, 0.1) is 6.92 Å². The van der Waals surface area contributed by atoms with Gasteiger partial charge in [-0.2, -0.15) is 0 Å². The summed E-state index contributed by atoms with van der Waals surface area (Å²) in [6, 6.07) is 0. The van der Waals surface area contributed by atoms with E-state index in [1.54, 1.807) is 6.92 Å². The molecule has 3 N–H and O–H groups in total. The van der Waals surface area contributed by atoms with Crippen LogP contribution in [0.1, 0.15) is 15.4 Å². The predicted octanol–water partition coefficient (Wildman–Crippen LogP) is 0.747. The molecule has 0 bridgehead atoms. The van der Waals surface area contributed by atoms with Crippen molar-refractivity contribution in [2.24, 2.45) is 0 Å². The van der Waals surface area contributed by atoms with Crippen molar-refractivity contribution in [1.29, 1.82) is 0 Å². The molecule has 1 aromatic heterocycles. The molecular weight excluding hydrogens is 242 g/mol. The minimum atomic E-state index is -1.07. The number of nitrogens with two attached hydrogens (primary N) is 1. The highest BCUT2D eigenvalue weighted by atomic mass is 32.1. The number of hydrogen-bond donors (Lipinski definition) is 2. The molecular formula is C10H13N3O3S. The summed E-state index contributed by atoms with van der Waals surface area (Å²) >= 11 is 1.05. The maximum Gasteiger partial charge on any atom is 0.323 e. The second kappa shape index (κ2) is 5.44. The van der Waals surface area contributed by atoms with Crippen LogP contribution in [0.15, 0.2) is 12.7 Å². The van der Waals surface area contributed by atoms with Gasteiger partial charge in [0.1, 0.15) is 11.4 Å². The Kier molecular flexibility index (Phi) is 4.22. The Hall–Kier alpha value is -1.89. The summed E-state index contributed by atoms with van der Waals surface area (Å²) in [7, 11) is 0. The monoisotopic (exact) mass is 255 g/mol. The summed E-state index contributed by atoms with van der Waals surface area (Å²) in [5, 5.41) is 9.01. The summed E-state index contributed by atoms with van der Waals surface area (Å²) in [5.74, 6) is -1.46. The fraction of sp³-hybridized carbons (Fsp3) is 0.300. The second-order valence-corrected chi connectivity index (χ2v) is 4.37. The number of nitrogens with zero attached hydrogens (tertiary/aromatic N) is 2. The highest BCUT2D eigenvalue weighted by Crippen LogP contribution is 2.21. The minimum absolute atomic E-state index is 0.169. The molecule has 0 aliphatic rings. The van der Waals surface area contributed by atoms with Gasteiger partial charge in [-0.1, -0.05) is 17.4 Å². The lowest BCUT2D eigenvalue weighted by Crippen LogP contribution is -2.35. The molecule has 1 amide bonds. The van der Waals surface area contributed by atoms with Gasteiger partial charge in [0.25, 0.3) is 5.91 Å². The van der Waals surface area contributed by atoms with Crippen LogP contribution in [0.5, 0.6) is 0 Å². The van der Waals surface area contributed by atoms with E-state index in [2.05, 4.69) is 11.6 Å². The zero-order valence-corrected chi connectivity index (χ0v) is 10.2. The minimum Gasteiger partial charge on any atom is -0.480 e. The second-order valence-electron chi connectivity index (χ2n) is 3.33. The third kappa shape index (κ3) is 3.28. The lowest BCUT2D eigenvalue weighted by Gasteiger charge is -2.17. The number of anilines is 1. The van der Waals surface area contributed by atoms with Crippen molar-refractivity contribution in [1.82, 2.24) is 9.88 Å². The third-order valence-corrected chi connectivity index (χ3v) is 2.94. The molecule has 0 saturated carbocycles. The van der Waals surface area contributed by atoms with E-state index in [0.29, 0.717) is 15.7 Å². The van der Waals surface area contributed by atoms with Gasteiger partial charge < -0.3 is 15.7 Å². The van der Waals surface area contributed by atoms with Crippen molar-refractivity contribution in [2.75, 3.05) is 18.8 Å². The van der Waals surface area contributed by atoms with E-state index in [0.717, 1.165) is 11.3 Å². The highest BCUT2D eigenvalue weighted by Gasteiger charge is 2.21. The van der Waals surface area contributed by atoms with Crippen LogP contribution in [-0.2, 0) is 4.79 Å². The number of aliphatic carboxylic acids is 1. The van der Waals surface area contributed by atoms with Crippen molar-refractivity contribution in [2.45, 2.75) is 6.92 Å². The first kappa shape index (κ1) is 13.2. The molecule has 0 aromatic carbocycles. The molecule has 0 radical (unpaired) electrons. The summed E-state index contributed by atoms with van der Waals surface area (Å²) in [4.78, 5) is 28.2. The quantitative estimate of drug-likeness (QED) is 0.757. The molecule has 0 aliphatic heterocycles. The molecule has 1 heterocycles. The Morgan fingerprint density at radius 2 is 2.29 bits per heavy atom. The van der Waals surface area contributed by atoms with Gasteiger partial charge in [0, 0.05) is 6.54 Å². The number of nitrogen functional groups attached to an aromatic ring is 1. The normalized spacial score (nSPS) is 9.94. The number of hydrogen-bond acceptors (Lipinski definition) is 5. The van der Waals surface area contributed by atoms with Crippen LogP contribution in [0.2, 0.25) is 0 Å². The van der Waals surface area contributed by atoms with Crippen LogP contribution >= 0.6 is 11.3 Å². The van der Waals surface area contributed by atoms with Crippen molar-refractivity contribution in [3.63, 3.8) is 0 Å². The first-order valence-electron chi connectivity index (χ1n) is 4.80. The SMILES string of the molecule is C=CCN(CC(=O)O)C(=O)c1sc(N)nc1C. The van der Waals surface area contributed by atoms with Crippen LogP contribution in [0.3, 0.4) is 0 Å². The van der Waals surface area contributed by atoms with E-state index < -0.39 is 5.97 Å². The van der Waals surface area contributed by atoms with E-state index in [1.165, 1.54) is 11.0 Å². The van der Waals surface area contributed by atoms with Crippen LogP contribution in [0.25, 0.3) is 0 Å². The van der Waals surface area contributed by atoms with Crippen LogP contribution in [-0.4, -0.2) is 40.0 Å². The Balaban J connectivity index is 2.94. The lowest BCUT2D eigenvalue weighted by atomic mass is 10.3. The number of aryl methyl sites for hydroxylation is 1. The summed E-state index contributed by atoms with van der Waals surface area (Å²) in [6.07, 6.45) is 1.47. The molecule has 7 heteroatoms. The Morgan fingerprint density at radius 1 is 1.65 bits per heavy atom. The Labute approximate surface area is 102 Å². The fourth-order valence-electron chi connectivity index (χ4n) is 1.30. The van der Waals surface area contributed by atoms with E-state index >= 15 is 0 Å². The zero-order valence-electron chi connectivity index (χ0n) is 9.34. The lowest BCUT2D eigenvalue weighted by molar-refractivity contribution is -0.137. The molecule has 1 aromatic rings. The molecule has 0 atom stereocenters. The molecule has 17 heavy (non-hydrogen) atoms. The smallest absolute Gasteiger partial charge is 0.323 e. The summed E-state index contributed by atoms with van der Waals surface area (Å²) in [6.45, 7) is 4.94. The number of carboxylic acids is 1. The van der Waals surface area contributed by atoms with Gasteiger partial charge in [-0.15, -0.1) is 6.58 Å². The average molecular weight is 255 g/mol. The molecule has 1 rings (SSSR count). The molecule has 0 saturated heterocycles. The molecule has 0 spiro atoms. The van der Waals surface area contributed by atoms with Crippen molar-refractivity contribution in [3.8, 4) is 0 Å². The number of amides is 1. The first-order chi connectivity index (χ1) is 7.95. The van der Waals surface area contributed by atoms with Gasteiger partial charge in [-0.05, 0) is 6.92 Å². The number of carboxylic acid groups (broad SMARTS) is 1. The van der Waals surface area contributed by atoms with Gasteiger partial charge in [0.05, 0.1) is 5.69 Å². The molecule has 0 unspecified atom stereocenters. The zero-order chi connectivity index (χ0) is 13.0. The Morgan fingerprint density at radius 3 is 2.71 bits per heavy atom. The van der Waals surface area contributed by atoms with E-state index in [-0.39, 0.29) is 19.0 Å². The van der Waals surface area contributed by atoms with Crippen LogP contribution in [0.4, 0.5) is 5.13 Å². The fourth-order valence-corrected chi connectivity index (χ4v) is 2.10. The number of carbonyl (C=O) groups is 2. The van der Waals surface area contributed by atoms with Crippen molar-refractivity contribution >= 4 is 28.3 Å². The van der Waals surface area contributed by atoms with Crippen molar-refractivity contribution in [3.05, 3.63) is 23.2 Å². The maximum absolute atomic E-state index is 12.0. The molecule has 6 nitrogen and oxygen atoms in total. The van der Waals surface area contributed by atoms with E-state index in [4.69, 9.17) is 10.8 Å². The number of rotatable bonds is 5. The van der Waals surface area contributed by atoms with Gasteiger partial charge in [0.15, 0.2) is 5.13 Å². The molecule has 0 aliphatic carbocycles. The number of carbonyl (C=O) groups excluding carboxylic acids is 1. The Bertz CT molecular complexity index is 456. The molecule has 92 valence electrons. The summed E-state index contributed by atoms with van der Waals surface area (Å²) < 4.78 is 0. The van der Waals surface area contributed by atoms with Gasteiger partial charge in [0.2, 0.25) is 0 Å².